The first-order chi connectivity index (χ1) is 5.54. The van der Waals surface area contributed by atoms with Gasteiger partial charge in [0.25, 0.3) is 6.43 Å². The Balaban J connectivity index is 3.27. The fourth-order valence-electron chi connectivity index (χ4n) is 0.903. The number of hydrogen-bond acceptors (Lipinski definition) is 0. The maximum atomic E-state index is 12.7. The van der Waals surface area contributed by atoms with E-state index in [1.54, 1.807) is 0 Å². The maximum Gasteiger partial charge on any atom is 0.264 e. The molecule has 0 fully saturated rings. The standard InChI is InChI=1S/C8H6BrF3/c1-4-5(8(11)12)2-3-6(10)7(4)9/h2-3,8H,1H3. The second kappa shape index (κ2) is 3.47. The van der Waals surface area contributed by atoms with Crippen LogP contribution in [0.15, 0.2) is 16.6 Å². The molecule has 0 saturated heterocycles. The molecular weight excluding hydrogens is 233 g/mol. The Morgan fingerprint density at radius 1 is 1.33 bits per heavy atom. The first-order valence-corrected chi connectivity index (χ1v) is 4.06. The highest BCUT2D eigenvalue weighted by atomic mass is 79.9. The molecule has 0 aliphatic carbocycles. The van der Waals surface area contributed by atoms with Gasteiger partial charge in [-0.3, -0.25) is 0 Å². The van der Waals surface area contributed by atoms with Crippen molar-refractivity contribution in [3.05, 3.63) is 33.5 Å². The summed E-state index contributed by atoms with van der Waals surface area (Å²) in [6, 6.07) is 2.12. The molecule has 1 rings (SSSR count). The SMILES string of the molecule is Cc1c(C(F)F)ccc(F)c1Br. The van der Waals surface area contributed by atoms with Crippen molar-refractivity contribution in [1.82, 2.24) is 0 Å². The molecule has 0 aliphatic heterocycles. The molecule has 0 saturated carbocycles. The molecule has 0 nitrogen and oxygen atoms in total. The van der Waals surface area contributed by atoms with Crippen LogP contribution in [0.1, 0.15) is 17.6 Å². The molecule has 0 aliphatic rings. The van der Waals surface area contributed by atoms with Crippen molar-refractivity contribution < 1.29 is 13.2 Å². The van der Waals surface area contributed by atoms with Crippen LogP contribution in [-0.2, 0) is 0 Å². The minimum atomic E-state index is -2.55. The van der Waals surface area contributed by atoms with Gasteiger partial charge >= 0.3 is 0 Å². The third-order valence-electron chi connectivity index (χ3n) is 1.62. The lowest BCUT2D eigenvalue weighted by Crippen LogP contribution is -1.92. The van der Waals surface area contributed by atoms with E-state index in [1.165, 1.54) is 6.92 Å². The fraction of sp³-hybridized carbons (Fsp3) is 0.250. The van der Waals surface area contributed by atoms with E-state index >= 15 is 0 Å². The van der Waals surface area contributed by atoms with E-state index in [1.807, 2.05) is 0 Å². The van der Waals surface area contributed by atoms with Gasteiger partial charge in [0.05, 0.1) is 4.47 Å². The smallest absolute Gasteiger partial charge is 0.206 e. The summed E-state index contributed by atoms with van der Waals surface area (Å²) in [6.07, 6.45) is -2.55. The van der Waals surface area contributed by atoms with Crippen molar-refractivity contribution in [3.63, 3.8) is 0 Å². The minimum absolute atomic E-state index is 0.111. The Kier molecular flexibility index (Phi) is 2.77. The average molecular weight is 239 g/mol. The molecule has 0 amide bonds. The second-order valence-electron chi connectivity index (χ2n) is 2.38. The second-order valence-corrected chi connectivity index (χ2v) is 3.17. The number of hydrogen-bond donors (Lipinski definition) is 0. The highest BCUT2D eigenvalue weighted by Crippen LogP contribution is 2.29. The largest absolute Gasteiger partial charge is 0.264 e. The summed E-state index contributed by atoms with van der Waals surface area (Å²) in [7, 11) is 0. The lowest BCUT2D eigenvalue weighted by Gasteiger charge is -2.06. The van der Waals surface area contributed by atoms with Crippen molar-refractivity contribution in [2.75, 3.05) is 0 Å². The zero-order valence-electron chi connectivity index (χ0n) is 6.24. The van der Waals surface area contributed by atoms with Crippen LogP contribution in [0, 0.1) is 12.7 Å². The van der Waals surface area contributed by atoms with Crippen molar-refractivity contribution in [1.29, 1.82) is 0 Å². The first kappa shape index (κ1) is 9.58. The Hall–Kier alpha value is -0.510. The van der Waals surface area contributed by atoms with Gasteiger partial charge in [-0.25, -0.2) is 13.2 Å². The molecule has 0 radical (unpaired) electrons. The highest BCUT2D eigenvalue weighted by Gasteiger charge is 2.14. The number of rotatable bonds is 1. The molecule has 0 unspecified atom stereocenters. The van der Waals surface area contributed by atoms with Crippen LogP contribution >= 0.6 is 15.9 Å². The molecule has 0 atom stereocenters. The van der Waals surface area contributed by atoms with Gasteiger partial charge in [0.15, 0.2) is 0 Å². The van der Waals surface area contributed by atoms with E-state index < -0.39 is 12.2 Å². The minimum Gasteiger partial charge on any atom is -0.206 e. The predicted octanol–water partition coefficient (Wildman–Crippen LogP) is 3.83. The van der Waals surface area contributed by atoms with E-state index in [9.17, 15) is 13.2 Å². The summed E-state index contributed by atoms with van der Waals surface area (Å²) in [6.45, 7) is 1.45. The lowest BCUT2D eigenvalue weighted by atomic mass is 10.1. The third-order valence-corrected chi connectivity index (χ3v) is 2.59. The van der Waals surface area contributed by atoms with Crippen LogP contribution in [0.3, 0.4) is 0 Å². The number of benzene rings is 1. The van der Waals surface area contributed by atoms with Crippen LogP contribution in [0.4, 0.5) is 13.2 Å². The Morgan fingerprint density at radius 2 is 1.92 bits per heavy atom. The molecule has 0 N–H and O–H groups in total. The Morgan fingerprint density at radius 3 is 2.42 bits per heavy atom. The molecule has 1 aromatic rings. The molecule has 1 aromatic carbocycles. The van der Waals surface area contributed by atoms with E-state index in [2.05, 4.69) is 15.9 Å². The van der Waals surface area contributed by atoms with Gasteiger partial charge in [-0.15, -0.1) is 0 Å². The summed E-state index contributed by atoms with van der Waals surface area (Å²) in [5, 5.41) is 0. The van der Waals surface area contributed by atoms with E-state index in [0.717, 1.165) is 12.1 Å². The quantitative estimate of drug-likeness (QED) is 0.698. The van der Waals surface area contributed by atoms with Crippen molar-refractivity contribution in [2.24, 2.45) is 0 Å². The normalized spacial score (nSPS) is 10.8. The number of alkyl halides is 2. The van der Waals surface area contributed by atoms with E-state index in [4.69, 9.17) is 0 Å². The summed E-state index contributed by atoms with van der Waals surface area (Å²) < 4.78 is 37.2. The topological polar surface area (TPSA) is 0 Å². The third kappa shape index (κ3) is 1.63. The zero-order valence-corrected chi connectivity index (χ0v) is 7.83. The molecular formula is C8H6BrF3. The summed E-state index contributed by atoms with van der Waals surface area (Å²) in [5.74, 6) is -0.517. The first-order valence-electron chi connectivity index (χ1n) is 3.26. The number of halogens is 4. The molecule has 12 heavy (non-hydrogen) atoms. The van der Waals surface area contributed by atoms with E-state index in [0.29, 0.717) is 0 Å². The molecule has 0 aromatic heterocycles. The van der Waals surface area contributed by atoms with Gasteiger partial charge < -0.3 is 0 Å². The van der Waals surface area contributed by atoms with Crippen LogP contribution < -0.4 is 0 Å². The Labute approximate surface area is 76.5 Å². The molecule has 66 valence electrons. The Bertz CT molecular complexity index is 297. The molecule has 0 heterocycles. The zero-order chi connectivity index (χ0) is 9.30. The fourth-order valence-corrected chi connectivity index (χ4v) is 1.26. The monoisotopic (exact) mass is 238 g/mol. The van der Waals surface area contributed by atoms with Crippen molar-refractivity contribution in [2.45, 2.75) is 13.3 Å². The van der Waals surface area contributed by atoms with Gasteiger partial charge in [0.1, 0.15) is 5.82 Å². The lowest BCUT2D eigenvalue weighted by molar-refractivity contribution is 0.150. The van der Waals surface area contributed by atoms with Crippen LogP contribution in [0.5, 0.6) is 0 Å². The van der Waals surface area contributed by atoms with E-state index in [-0.39, 0.29) is 15.6 Å². The predicted molar refractivity (Wildman–Crippen MR) is 43.8 cm³/mol. The van der Waals surface area contributed by atoms with Crippen LogP contribution in [-0.4, -0.2) is 0 Å². The molecule has 0 spiro atoms. The molecule has 0 bridgehead atoms. The van der Waals surface area contributed by atoms with Crippen LogP contribution in [0.2, 0.25) is 0 Å². The summed E-state index contributed by atoms with van der Waals surface area (Å²) >= 11 is 2.89. The summed E-state index contributed by atoms with van der Waals surface area (Å²) in [4.78, 5) is 0. The van der Waals surface area contributed by atoms with Gasteiger partial charge in [0.2, 0.25) is 0 Å². The van der Waals surface area contributed by atoms with Gasteiger partial charge in [0, 0.05) is 5.56 Å². The maximum absolute atomic E-state index is 12.7. The van der Waals surface area contributed by atoms with Gasteiger partial charge in [-0.05, 0) is 34.5 Å². The summed E-state index contributed by atoms with van der Waals surface area (Å²) in [5.41, 5.74) is 0.119. The average Bonchev–Trinajstić information content (AvgIpc) is 2.00. The van der Waals surface area contributed by atoms with Crippen molar-refractivity contribution >= 4 is 15.9 Å². The van der Waals surface area contributed by atoms with Gasteiger partial charge in [-0.1, -0.05) is 6.07 Å². The van der Waals surface area contributed by atoms with Crippen LogP contribution in [0.25, 0.3) is 0 Å². The highest BCUT2D eigenvalue weighted by molar-refractivity contribution is 9.10. The molecule has 4 heteroatoms. The van der Waals surface area contributed by atoms with Gasteiger partial charge in [-0.2, -0.15) is 0 Å². The van der Waals surface area contributed by atoms with Crippen molar-refractivity contribution in [3.8, 4) is 0 Å².